The molecule has 3 nitrogen and oxygen atoms in total. The van der Waals surface area contributed by atoms with Gasteiger partial charge in [-0.05, 0) is 88.0 Å². The lowest BCUT2D eigenvalue weighted by Gasteiger charge is -2.22. The van der Waals surface area contributed by atoms with Crippen LogP contribution in [0.25, 0.3) is 99.2 Å². The smallest absolute Gasteiger partial charge is 0.160 e. The summed E-state index contributed by atoms with van der Waals surface area (Å²) in [6.45, 7) is 4.71. The van der Waals surface area contributed by atoms with E-state index in [1.807, 2.05) is 0 Å². The molecule has 3 heterocycles. The Balaban J connectivity index is 1.21. The predicted molar refractivity (Wildman–Crippen MR) is 225 cm³/mol. The zero-order valence-corrected chi connectivity index (χ0v) is 30.0. The summed E-state index contributed by atoms with van der Waals surface area (Å²) >= 11 is 0. The van der Waals surface area contributed by atoms with Crippen LogP contribution in [0.15, 0.2) is 174 Å². The molecule has 0 saturated heterocycles. The molecule has 54 heavy (non-hydrogen) atoms. The van der Waals surface area contributed by atoms with Crippen molar-refractivity contribution in [3.63, 3.8) is 0 Å². The van der Waals surface area contributed by atoms with Crippen molar-refractivity contribution >= 4 is 65.6 Å². The standard InChI is InChI=1S/C51H34N2O/c1-51(2)42-20-10-6-16-34(42)35-27-25-33(29-43(35)51)53-45-22-12-8-19-39(45)48-40(30-41-38-18-9-13-23-47(38)54-50(41)49(48)53)31-24-26-37-36-17-7-11-21-44(36)52(46(37)28-31)32-14-4-3-5-15-32/h3-30H,1-2H3. The van der Waals surface area contributed by atoms with Gasteiger partial charge in [-0.2, -0.15) is 0 Å². The fourth-order valence-electron chi connectivity index (χ4n) is 9.65. The summed E-state index contributed by atoms with van der Waals surface area (Å²) in [4.78, 5) is 0. The summed E-state index contributed by atoms with van der Waals surface area (Å²) in [5.41, 5.74) is 16.4. The SMILES string of the molecule is CC1(C)c2ccccc2-c2ccc(-n3c4ccccc4c4c(-c5ccc6c7ccccc7n(-c7ccccc7)c6c5)cc5c6ccccc6oc5c43)cc21. The minimum absolute atomic E-state index is 0.118. The van der Waals surface area contributed by atoms with E-state index in [0.29, 0.717) is 0 Å². The van der Waals surface area contributed by atoms with Crippen molar-refractivity contribution in [3.8, 4) is 33.6 Å². The van der Waals surface area contributed by atoms with Crippen LogP contribution in [0, 0.1) is 0 Å². The van der Waals surface area contributed by atoms with E-state index in [2.05, 4.69) is 193 Å². The lowest BCUT2D eigenvalue weighted by atomic mass is 9.82. The summed E-state index contributed by atoms with van der Waals surface area (Å²) in [5.74, 6) is 0. The van der Waals surface area contributed by atoms with Crippen LogP contribution in [0.1, 0.15) is 25.0 Å². The summed E-state index contributed by atoms with van der Waals surface area (Å²) in [6.07, 6.45) is 0. The zero-order valence-electron chi connectivity index (χ0n) is 30.0. The second-order valence-electron chi connectivity index (χ2n) is 15.3. The van der Waals surface area contributed by atoms with E-state index in [1.54, 1.807) is 0 Å². The lowest BCUT2D eigenvalue weighted by Crippen LogP contribution is -2.15. The monoisotopic (exact) mass is 690 g/mol. The van der Waals surface area contributed by atoms with Gasteiger partial charge in [0.15, 0.2) is 5.58 Å². The Bertz CT molecular complexity index is 3350. The Labute approximate surface area is 311 Å². The Morgan fingerprint density at radius 1 is 0.426 bits per heavy atom. The van der Waals surface area contributed by atoms with Crippen molar-refractivity contribution < 1.29 is 4.42 Å². The van der Waals surface area contributed by atoms with Gasteiger partial charge in [-0.1, -0.05) is 129 Å². The van der Waals surface area contributed by atoms with Crippen LogP contribution < -0.4 is 0 Å². The number of nitrogens with zero attached hydrogens (tertiary/aromatic N) is 2. The molecule has 0 atom stereocenters. The van der Waals surface area contributed by atoms with Gasteiger partial charge in [0.2, 0.25) is 0 Å². The van der Waals surface area contributed by atoms with Gasteiger partial charge in [0.05, 0.1) is 22.1 Å². The fourth-order valence-corrected chi connectivity index (χ4v) is 9.65. The van der Waals surface area contributed by atoms with Gasteiger partial charge in [-0.25, -0.2) is 0 Å². The Hall–Kier alpha value is -6.84. The van der Waals surface area contributed by atoms with Gasteiger partial charge in [0, 0.05) is 49.1 Å². The minimum atomic E-state index is -0.118. The largest absolute Gasteiger partial charge is 0.454 e. The van der Waals surface area contributed by atoms with Crippen LogP contribution >= 0.6 is 0 Å². The molecule has 0 bridgehead atoms. The highest BCUT2D eigenvalue weighted by molar-refractivity contribution is 6.26. The second-order valence-corrected chi connectivity index (χ2v) is 15.3. The van der Waals surface area contributed by atoms with Gasteiger partial charge < -0.3 is 13.6 Å². The van der Waals surface area contributed by atoms with Crippen LogP contribution in [0.4, 0.5) is 0 Å². The first-order valence-corrected chi connectivity index (χ1v) is 18.8. The summed E-state index contributed by atoms with van der Waals surface area (Å²) in [5, 5.41) is 7.14. The molecular formula is C51H34N2O. The number of rotatable bonds is 3. The number of fused-ring (bicyclic) bond motifs is 13. The van der Waals surface area contributed by atoms with E-state index in [1.165, 1.54) is 66.0 Å². The highest BCUT2D eigenvalue weighted by atomic mass is 16.3. The Morgan fingerprint density at radius 2 is 1.09 bits per heavy atom. The highest BCUT2D eigenvalue weighted by Crippen LogP contribution is 2.51. The molecule has 0 N–H and O–H groups in total. The first-order chi connectivity index (χ1) is 26.6. The molecule has 254 valence electrons. The molecular weight excluding hydrogens is 657 g/mol. The van der Waals surface area contributed by atoms with Crippen LogP contribution in [0.5, 0.6) is 0 Å². The number of aromatic nitrogens is 2. The molecule has 1 aliphatic rings. The third kappa shape index (κ3) is 3.85. The molecule has 1 aliphatic carbocycles. The Kier molecular flexibility index (Phi) is 5.84. The van der Waals surface area contributed by atoms with Crippen molar-refractivity contribution in [1.82, 2.24) is 9.13 Å². The van der Waals surface area contributed by atoms with Gasteiger partial charge in [0.25, 0.3) is 0 Å². The number of benzene rings is 8. The van der Waals surface area contributed by atoms with Gasteiger partial charge in [-0.15, -0.1) is 0 Å². The highest BCUT2D eigenvalue weighted by Gasteiger charge is 2.35. The quantitative estimate of drug-likeness (QED) is 0.181. The van der Waals surface area contributed by atoms with Crippen molar-refractivity contribution in [2.45, 2.75) is 19.3 Å². The minimum Gasteiger partial charge on any atom is -0.454 e. The topological polar surface area (TPSA) is 23.0 Å². The Morgan fingerprint density at radius 3 is 1.94 bits per heavy atom. The first-order valence-electron chi connectivity index (χ1n) is 18.8. The summed E-state index contributed by atoms with van der Waals surface area (Å²) in [6, 6.07) is 62.1. The molecule has 0 spiro atoms. The molecule has 0 unspecified atom stereocenters. The zero-order chi connectivity index (χ0) is 35.7. The third-order valence-corrected chi connectivity index (χ3v) is 12.1. The van der Waals surface area contributed by atoms with E-state index in [0.717, 1.165) is 44.3 Å². The summed E-state index contributed by atoms with van der Waals surface area (Å²) < 4.78 is 11.8. The van der Waals surface area contributed by atoms with Crippen LogP contribution in [0.3, 0.4) is 0 Å². The maximum Gasteiger partial charge on any atom is 0.160 e. The van der Waals surface area contributed by atoms with E-state index in [4.69, 9.17) is 4.42 Å². The molecule has 11 aromatic rings. The molecule has 12 rings (SSSR count). The number of furan rings is 1. The van der Waals surface area contributed by atoms with Crippen molar-refractivity contribution in [2.24, 2.45) is 0 Å². The van der Waals surface area contributed by atoms with Crippen molar-refractivity contribution in [1.29, 1.82) is 0 Å². The molecule has 3 aromatic heterocycles. The third-order valence-electron chi connectivity index (χ3n) is 12.1. The maximum atomic E-state index is 6.89. The number of hydrogen-bond acceptors (Lipinski definition) is 1. The molecule has 0 radical (unpaired) electrons. The number of hydrogen-bond donors (Lipinski definition) is 0. The molecule has 0 saturated carbocycles. The van der Waals surface area contributed by atoms with E-state index < -0.39 is 0 Å². The molecule has 8 aromatic carbocycles. The van der Waals surface area contributed by atoms with Crippen LogP contribution in [-0.4, -0.2) is 9.13 Å². The molecule has 0 fully saturated rings. The van der Waals surface area contributed by atoms with Gasteiger partial charge >= 0.3 is 0 Å². The van der Waals surface area contributed by atoms with Gasteiger partial charge in [0.1, 0.15) is 5.58 Å². The average Bonchev–Trinajstić information content (AvgIpc) is 3.93. The van der Waals surface area contributed by atoms with Crippen LogP contribution in [-0.2, 0) is 5.41 Å². The molecule has 3 heteroatoms. The van der Waals surface area contributed by atoms with Crippen molar-refractivity contribution in [3.05, 3.63) is 181 Å². The van der Waals surface area contributed by atoms with E-state index >= 15 is 0 Å². The predicted octanol–water partition coefficient (Wildman–Crippen LogP) is 13.8. The molecule has 0 aliphatic heterocycles. The fraction of sp³-hybridized carbons (Fsp3) is 0.0588. The average molecular weight is 691 g/mol. The lowest BCUT2D eigenvalue weighted by molar-refractivity contribution is 0.660. The van der Waals surface area contributed by atoms with E-state index in [9.17, 15) is 0 Å². The summed E-state index contributed by atoms with van der Waals surface area (Å²) in [7, 11) is 0. The first kappa shape index (κ1) is 29.7. The normalized spacial score (nSPS) is 13.5. The van der Waals surface area contributed by atoms with Crippen molar-refractivity contribution in [2.75, 3.05) is 0 Å². The second kappa shape index (κ2) is 10.6. The van der Waals surface area contributed by atoms with E-state index in [-0.39, 0.29) is 5.41 Å². The molecule has 0 amide bonds. The maximum absolute atomic E-state index is 6.89. The van der Waals surface area contributed by atoms with Gasteiger partial charge in [-0.3, -0.25) is 0 Å². The number of para-hydroxylation sites is 4. The van der Waals surface area contributed by atoms with Crippen LogP contribution in [0.2, 0.25) is 0 Å².